The molecule has 2 fully saturated rings. The Labute approximate surface area is 155 Å². The second-order valence-electron chi connectivity index (χ2n) is 7.54. The number of benzene rings is 1. The number of piperazine rings is 1. The van der Waals surface area contributed by atoms with E-state index in [1.165, 1.54) is 0 Å². The van der Waals surface area contributed by atoms with Gasteiger partial charge in [0.1, 0.15) is 6.04 Å². The molecule has 2 aliphatic rings. The molecule has 6 heteroatoms. The number of hydrogen-bond donors (Lipinski definition) is 0. The summed E-state index contributed by atoms with van der Waals surface area (Å²) in [7, 11) is 5.48. The van der Waals surface area contributed by atoms with Gasteiger partial charge in [-0.3, -0.25) is 14.5 Å². The Hall–Kier alpha value is -1.92. The van der Waals surface area contributed by atoms with Crippen LogP contribution >= 0.6 is 0 Å². The predicted molar refractivity (Wildman–Crippen MR) is 99.9 cm³/mol. The van der Waals surface area contributed by atoms with Gasteiger partial charge >= 0.3 is 0 Å². The minimum atomic E-state index is -0.541. The van der Waals surface area contributed by atoms with Crippen LogP contribution in [0.3, 0.4) is 0 Å². The third kappa shape index (κ3) is 3.48. The average Bonchev–Trinajstić information content (AvgIpc) is 2.68. The van der Waals surface area contributed by atoms with Gasteiger partial charge in [0, 0.05) is 46.9 Å². The second kappa shape index (κ2) is 7.76. The van der Waals surface area contributed by atoms with Crippen molar-refractivity contribution in [3.8, 4) is 0 Å². The Bertz CT molecular complexity index is 641. The van der Waals surface area contributed by atoms with E-state index in [9.17, 15) is 9.59 Å². The van der Waals surface area contributed by atoms with Crippen molar-refractivity contribution in [1.82, 2.24) is 14.7 Å². The number of hydrogen-bond acceptors (Lipinski definition) is 4. The first kappa shape index (κ1) is 18.9. The second-order valence-corrected chi connectivity index (χ2v) is 7.54. The third-order valence-electron chi connectivity index (χ3n) is 5.74. The predicted octanol–water partition coefficient (Wildman–Crippen LogP) is 0.966. The van der Waals surface area contributed by atoms with Crippen LogP contribution in [0.25, 0.3) is 0 Å². The summed E-state index contributed by atoms with van der Waals surface area (Å²) in [5.41, 5.74) is 0.518. The van der Waals surface area contributed by atoms with Crippen LogP contribution < -0.4 is 0 Å². The summed E-state index contributed by atoms with van der Waals surface area (Å²) in [5, 5.41) is 0. The van der Waals surface area contributed by atoms with E-state index >= 15 is 0 Å². The van der Waals surface area contributed by atoms with Crippen LogP contribution in [0.2, 0.25) is 0 Å². The first-order valence-electron chi connectivity index (χ1n) is 9.30. The molecule has 0 saturated carbocycles. The van der Waals surface area contributed by atoms with Gasteiger partial charge in [-0.05, 0) is 25.5 Å². The lowest BCUT2D eigenvalue weighted by molar-refractivity contribution is -0.147. The van der Waals surface area contributed by atoms with E-state index in [-0.39, 0.29) is 17.9 Å². The van der Waals surface area contributed by atoms with Crippen molar-refractivity contribution in [3.63, 3.8) is 0 Å². The van der Waals surface area contributed by atoms with Crippen LogP contribution in [0.15, 0.2) is 30.3 Å². The Kier molecular flexibility index (Phi) is 5.63. The maximum atomic E-state index is 13.6. The Morgan fingerprint density at radius 1 is 1.12 bits per heavy atom. The van der Waals surface area contributed by atoms with E-state index in [0.29, 0.717) is 45.7 Å². The molecule has 2 aliphatic heterocycles. The van der Waals surface area contributed by atoms with Gasteiger partial charge in [0.25, 0.3) is 0 Å². The van der Waals surface area contributed by atoms with Gasteiger partial charge in [-0.25, -0.2) is 0 Å². The molecule has 2 amide bonds. The molecular formula is C20H29N3O3. The van der Waals surface area contributed by atoms with Gasteiger partial charge in [0.15, 0.2) is 0 Å². The molecule has 6 nitrogen and oxygen atoms in total. The van der Waals surface area contributed by atoms with Crippen LogP contribution in [0, 0.1) is 0 Å². The van der Waals surface area contributed by atoms with Gasteiger partial charge in [-0.1, -0.05) is 30.3 Å². The van der Waals surface area contributed by atoms with E-state index in [1.807, 2.05) is 47.2 Å². The van der Waals surface area contributed by atoms with Crippen LogP contribution in [0.5, 0.6) is 0 Å². The lowest BCUT2D eigenvalue weighted by Gasteiger charge is -2.45. The Balaban J connectivity index is 1.86. The minimum Gasteiger partial charge on any atom is -0.381 e. The molecule has 0 N–H and O–H groups in total. The topological polar surface area (TPSA) is 53.1 Å². The largest absolute Gasteiger partial charge is 0.381 e. The molecule has 0 radical (unpaired) electrons. The fourth-order valence-corrected chi connectivity index (χ4v) is 4.03. The van der Waals surface area contributed by atoms with E-state index in [1.54, 1.807) is 19.0 Å². The van der Waals surface area contributed by atoms with Crippen LogP contribution in [-0.4, -0.2) is 86.5 Å². The SMILES string of the molecule is CN(C)C(=O)[C@@H]1CN(C(=O)C2(c3ccccc3)CCOCC2)CCN1C. The zero-order valence-electron chi connectivity index (χ0n) is 16.0. The normalized spacial score (nSPS) is 23.5. The van der Waals surface area contributed by atoms with Crippen LogP contribution in [0.4, 0.5) is 0 Å². The highest BCUT2D eigenvalue weighted by molar-refractivity contribution is 5.90. The molecule has 3 rings (SSSR count). The monoisotopic (exact) mass is 359 g/mol. The molecule has 0 aromatic heterocycles. The number of carbonyl (C=O) groups is 2. The number of nitrogens with zero attached hydrogens (tertiary/aromatic N) is 3. The van der Waals surface area contributed by atoms with Crippen molar-refractivity contribution >= 4 is 11.8 Å². The highest BCUT2D eigenvalue weighted by atomic mass is 16.5. The zero-order valence-corrected chi connectivity index (χ0v) is 16.0. The number of likely N-dealkylation sites (N-methyl/N-ethyl adjacent to an activating group) is 2. The van der Waals surface area contributed by atoms with Gasteiger partial charge in [0.05, 0.1) is 5.41 Å². The van der Waals surface area contributed by atoms with E-state index < -0.39 is 5.41 Å². The Morgan fingerprint density at radius 2 is 1.77 bits per heavy atom. The first-order chi connectivity index (χ1) is 12.5. The van der Waals surface area contributed by atoms with Gasteiger partial charge in [-0.2, -0.15) is 0 Å². The number of rotatable bonds is 3. The summed E-state index contributed by atoms with van der Waals surface area (Å²) in [6, 6.07) is 9.76. The summed E-state index contributed by atoms with van der Waals surface area (Å²) < 4.78 is 5.55. The van der Waals surface area contributed by atoms with Crippen molar-refractivity contribution in [3.05, 3.63) is 35.9 Å². The fraction of sp³-hybridized carbons (Fsp3) is 0.600. The number of amides is 2. The molecule has 1 aromatic rings. The first-order valence-corrected chi connectivity index (χ1v) is 9.30. The molecule has 1 aromatic carbocycles. The summed E-state index contributed by atoms with van der Waals surface area (Å²) in [5.74, 6) is 0.183. The lowest BCUT2D eigenvalue weighted by atomic mass is 9.72. The Morgan fingerprint density at radius 3 is 2.38 bits per heavy atom. The molecule has 0 aliphatic carbocycles. The molecular weight excluding hydrogens is 330 g/mol. The summed E-state index contributed by atoms with van der Waals surface area (Å²) in [6.45, 7) is 2.99. The van der Waals surface area contributed by atoms with Gasteiger partial charge < -0.3 is 14.5 Å². The summed E-state index contributed by atoms with van der Waals surface area (Å²) >= 11 is 0. The number of carbonyl (C=O) groups excluding carboxylic acids is 2. The van der Waals surface area contributed by atoms with Gasteiger partial charge in [0.2, 0.25) is 11.8 Å². The van der Waals surface area contributed by atoms with Crippen LogP contribution in [-0.2, 0) is 19.7 Å². The van der Waals surface area contributed by atoms with Crippen LogP contribution in [0.1, 0.15) is 18.4 Å². The highest BCUT2D eigenvalue weighted by Gasteiger charge is 2.46. The maximum Gasteiger partial charge on any atom is 0.241 e. The average molecular weight is 359 g/mol. The van der Waals surface area contributed by atoms with E-state index in [0.717, 1.165) is 5.56 Å². The van der Waals surface area contributed by atoms with Crippen molar-refractivity contribution in [2.45, 2.75) is 24.3 Å². The lowest BCUT2D eigenvalue weighted by Crippen LogP contribution is -2.61. The van der Waals surface area contributed by atoms with Crippen molar-refractivity contribution in [2.75, 3.05) is 54.0 Å². The molecule has 2 saturated heterocycles. The molecule has 0 spiro atoms. The molecule has 1 atom stereocenters. The molecule has 0 unspecified atom stereocenters. The quantitative estimate of drug-likeness (QED) is 0.807. The number of ether oxygens (including phenoxy) is 1. The summed E-state index contributed by atoms with van der Waals surface area (Å²) in [6.07, 6.45) is 1.38. The van der Waals surface area contributed by atoms with E-state index in [4.69, 9.17) is 4.74 Å². The smallest absolute Gasteiger partial charge is 0.241 e. The third-order valence-corrected chi connectivity index (χ3v) is 5.74. The van der Waals surface area contributed by atoms with Crippen molar-refractivity contribution in [2.24, 2.45) is 0 Å². The zero-order chi connectivity index (χ0) is 18.7. The molecule has 26 heavy (non-hydrogen) atoms. The van der Waals surface area contributed by atoms with Gasteiger partial charge in [-0.15, -0.1) is 0 Å². The minimum absolute atomic E-state index is 0.0470. The molecule has 2 heterocycles. The maximum absolute atomic E-state index is 13.6. The van der Waals surface area contributed by atoms with E-state index in [2.05, 4.69) is 0 Å². The summed E-state index contributed by atoms with van der Waals surface area (Å²) in [4.78, 5) is 31.7. The standard InChI is InChI=1S/C20H29N3O3/c1-21(2)18(24)17-15-23(12-11-22(17)3)19(25)20(9-13-26-14-10-20)16-7-5-4-6-8-16/h4-8,17H,9-15H2,1-3H3/t17-/m0/s1. The molecule has 142 valence electrons. The molecule has 0 bridgehead atoms. The fourth-order valence-electron chi connectivity index (χ4n) is 4.03. The van der Waals surface area contributed by atoms with Crippen molar-refractivity contribution < 1.29 is 14.3 Å². The van der Waals surface area contributed by atoms with Crippen molar-refractivity contribution in [1.29, 1.82) is 0 Å². The highest BCUT2D eigenvalue weighted by Crippen LogP contribution is 2.37.